The first-order chi connectivity index (χ1) is 7.07. The highest BCUT2D eigenvalue weighted by molar-refractivity contribution is 5.75. The topological polar surface area (TPSA) is 44.4 Å². The van der Waals surface area contributed by atoms with Crippen LogP contribution in [-0.4, -0.2) is 50.6 Å². The summed E-state index contributed by atoms with van der Waals surface area (Å²) in [4.78, 5) is 13.2. The Morgan fingerprint density at radius 2 is 2.00 bits per heavy atom. The molecule has 0 aliphatic rings. The summed E-state index contributed by atoms with van der Waals surface area (Å²) in [5.74, 6) is 0.121. The van der Waals surface area contributed by atoms with E-state index in [1.54, 1.807) is 7.05 Å². The van der Waals surface area contributed by atoms with Crippen LogP contribution in [0.25, 0.3) is 0 Å². The Morgan fingerprint density at radius 1 is 1.33 bits per heavy atom. The van der Waals surface area contributed by atoms with Crippen molar-refractivity contribution in [1.29, 1.82) is 0 Å². The minimum Gasteiger partial charge on any atom is -0.359 e. The van der Waals surface area contributed by atoms with Gasteiger partial charge in [0.1, 0.15) is 0 Å². The smallest absolute Gasteiger partial charge is 0.219 e. The number of rotatable bonds is 8. The van der Waals surface area contributed by atoms with Gasteiger partial charge in [-0.3, -0.25) is 4.79 Å². The zero-order valence-electron chi connectivity index (χ0n) is 10.5. The summed E-state index contributed by atoms with van der Waals surface area (Å²) < 4.78 is 0. The van der Waals surface area contributed by atoms with Gasteiger partial charge in [0, 0.05) is 32.6 Å². The molecule has 15 heavy (non-hydrogen) atoms. The molecule has 0 spiro atoms. The van der Waals surface area contributed by atoms with Gasteiger partial charge in [-0.05, 0) is 33.9 Å². The molecule has 0 fully saturated rings. The molecule has 0 saturated heterocycles. The molecule has 0 rings (SSSR count). The second-order valence-electron chi connectivity index (χ2n) is 4.10. The Kier molecular flexibility index (Phi) is 8.33. The summed E-state index contributed by atoms with van der Waals surface area (Å²) in [6.45, 7) is 7.33. The molecule has 4 nitrogen and oxygen atoms in total. The average Bonchev–Trinajstić information content (AvgIpc) is 2.22. The maximum atomic E-state index is 10.9. The van der Waals surface area contributed by atoms with Gasteiger partial charge in [0.2, 0.25) is 5.91 Å². The summed E-state index contributed by atoms with van der Waals surface area (Å²) in [7, 11) is 3.80. The van der Waals surface area contributed by atoms with E-state index in [9.17, 15) is 4.79 Å². The lowest BCUT2D eigenvalue weighted by Gasteiger charge is -2.20. The van der Waals surface area contributed by atoms with Gasteiger partial charge in [0.05, 0.1) is 0 Å². The molecular weight excluding hydrogens is 190 g/mol. The largest absolute Gasteiger partial charge is 0.359 e. The van der Waals surface area contributed by atoms with Crippen molar-refractivity contribution >= 4 is 5.91 Å². The zero-order chi connectivity index (χ0) is 11.7. The Morgan fingerprint density at radius 3 is 2.53 bits per heavy atom. The summed E-state index contributed by atoms with van der Waals surface area (Å²) in [5.41, 5.74) is 0. The van der Waals surface area contributed by atoms with E-state index in [1.807, 2.05) is 0 Å². The minimum atomic E-state index is 0.121. The van der Waals surface area contributed by atoms with E-state index in [0.29, 0.717) is 12.5 Å². The molecule has 0 aromatic heterocycles. The highest BCUT2D eigenvalue weighted by Gasteiger charge is 2.01. The van der Waals surface area contributed by atoms with Crippen molar-refractivity contribution in [2.75, 3.05) is 33.7 Å². The Labute approximate surface area is 93.4 Å². The number of hydrogen-bond acceptors (Lipinski definition) is 3. The summed E-state index contributed by atoms with van der Waals surface area (Å²) in [5, 5.41) is 5.94. The van der Waals surface area contributed by atoms with E-state index in [1.165, 1.54) is 0 Å². The van der Waals surface area contributed by atoms with Gasteiger partial charge in [-0.15, -0.1) is 0 Å². The van der Waals surface area contributed by atoms with Gasteiger partial charge in [0.25, 0.3) is 0 Å². The van der Waals surface area contributed by atoms with Crippen molar-refractivity contribution in [3.8, 4) is 0 Å². The maximum absolute atomic E-state index is 10.9. The highest BCUT2D eigenvalue weighted by Crippen LogP contribution is 1.91. The average molecular weight is 215 g/mol. The molecule has 0 aliphatic heterocycles. The summed E-state index contributed by atoms with van der Waals surface area (Å²) in [6, 6.07) is 0.595. The van der Waals surface area contributed by atoms with Crippen molar-refractivity contribution in [2.45, 2.75) is 32.7 Å². The first kappa shape index (κ1) is 14.4. The van der Waals surface area contributed by atoms with E-state index in [-0.39, 0.29) is 5.91 Å². The molecule has 2 N–H and O–H groups in total. The lowest BCUT2D eigenvalue weighted by molar-refractivity contribution is -0.120. The summed E-state index contributed by atoms with van der Waals surface area (Å²) >= 11 is 0. The van der Waals surface area contributed by atoms with E-state index in [4.69, 9.17) is 0 Å². The molecule has 90 valence electrons. The Hall–Kier alpha value is -0.610. The third-order valence-electron chi connectivity index (χ3n) is 2.56. The Bertz CT molecular complexity index is 171. The lowest BCUT2D eigenvalue weighted by Crippen LogP contribution is -2.34. The van der Waals surface area contributed by atoms with Gasteiger partial charge in [-0.2, -0.15) is 0 Å². The first-order valence-electron chi connectivity index (χ1n) is 5.69. The van der Waals surface area contributed by atoms with Crippen LogP contribution < -0.4 is 10.6 Å². The number of nitrogens with one attached hydrogen (secondary N) is 2. The molecule has 0 aromatic carbocycles. The third kappa shape index (κ3) is 8.39. The van der Waals surface area contributed by atoms with E-state index in [2.05, 4.69) is 36.4 Å². The van der Waals surface area contributed by atoms with Gasteiger partial charge in [-0.25, -0.2) is 0 Å². The van der Waals surface area contributed by atoms with Gasteiger partial charge >= 0.3 is 0 Å². The standard InChI is InChI=1S/C11H25N3O/c1-10(2)14(4)9-8-13-7-5-6-11(15)12-3/h10,13H,5-9H2,1-4H3,(H,12,15). The second-order valence-corrected chi connectivity index (χ2v) is 4.10. The van der Waals surface area contributed by atoms with Crippen LogP contribution >= 0.6 is 0 Å². The number of carbonyl (C=O) groups is 1. The summed E-state index contributed by atoms with van der Waals surface area (Å²) in [6.07, 6.45) is 1.52. The fourth-order valence-corrected chi connectivity index (χ4v) is 1.14. The van der Waals surface area contributed by atoms with Crippen molar-refractivity contribution in [1.82, 2.24) is 15.5 Å². The second kappa shape index (κ2) is 8.68. The quantitative estimate of drug-likeness (QED) is 0.578. The van der Waals surface area contributed by atoms with Crippen LogP contribution in [0.5, 0.6) is 0 Å². The van der Waals surface area contributed by atoms with Crippen molar-refractivity contribution in [3.05, 3.63) is 0 Å². The molecule has 0 aromatic rings. The molecular formula is C11H25N3O. The predicted molar refractivity (Wildman–Crippen MR) is 63.9 cm³/mol. The molecule has 0 saturated carbocycles. The number of nitrogens with zero attached hydrogens (tertiary/aromatic N) is 1. The van der Waals surface area contributed by atoms with E-state index >= 15 is 0 Å². The van der Waals surface area contributed by atoms with Crippen LogP contribution in [0.3, 0.4) is 0 Å². The fourth-order valence-electron chi connectivity index (χ4n) is 1.14. The molecule has 0 aliphatic carbocycles. The molecule has 0 radical (unpaired) electrons. The van der Waals surface area contributed by atoms with Crippen LogP contribution in [-0.2, 0) is 4.79 Å². The number of amides is 1. The number of hydrogen-bond donors (Lipinski definition) is 2. The highest BCUT2D eigenvalue weighted by atomic mass is 16.1. The van der Waals surface area contributed by atoms with Crippen molar-refractivity contribution < 1.29 is 4.79 Å². The van der Waals surface area contributed by atoms with Gasteiger partial charge < -0.3 is 15.5 Å². The van der Waals surface area contributed by atoms with Crippen LogP contribution in [0.1, 0.15) is 26.7 Å². The fraction of sp³-hybridized carbons (Fsp3) is 0.909. The van der Waals surface area contributed by atoms with Gasteiger partial charge in [0.15, 0.2) is 0 Å². The molecule has 4 heteroatoms. The maximum Gasteiger partial charge on any atom is 0.219 e. The lowest BCUT2D eigenvalue weighted by atomic mass is 10.3. The molecule has 0 bridgehead atoms. The first-order valence-corrected chi connectivity index (χ1v) is 5.69. The van der Waals surface area contributed by atoms with Crippen molar-refractivity contribution in [3.63, 3.8) is 0 Å². The van der Waals surface area contributed by atoms with E-state index in [0.717, 1.165) is 26.1 Å². The third-order valence-corrected chi connectivity index (χ3v) is 2.56. The molecule has 0 atom stereocenters. The number of likely N-dealkylation sites (N-methyl/N-ethyl adjacent to an activating group) is 1. The van der Waals surface area contributed by atoms with Crippen LogP contribution in [0.4, 0.5) is 0 Å². The molecule has 0 unspecified atom stereocenters. The minimum absolute atomic E-state index is 0.121. The zero-order valence-corrected chi connectivity index (χ0v) is 10.5. The normalized spacial score (nSPS) is 11.1. The predicted octanol–water partition coefficient (Wildman–Crippen LogP) is 0.442. The van der Waals surface area contributed by atoms with Crippen LogP contribution in [0.15, 0.2) is 0 Å². The molecule has 0 heterocycles. The van der Waals surface area contributed by atoms with E-state index < -0.39 is 0 Å². The van der Waals surface area contributed by atoms with Gasteiger partial charge in [-0.1, -0.05) is 0 Å². The SMILES string of the molecule is CNC(=O)CCCNCCN(C)C(C)C. The Balaban J connectivity index is 3.22. The monoisotopic (exact) mass is 215 g/mol. The molecule has 1 amide bonds. The van der Waals surface area contributed by atoms with Crippen LogP contribution in [0, 0.1) is 0 Å². The van der Waals surface area contributed by atoms with Crippen LogP contribution in [0.2, 0.25) is 0 Å². The van der Waals surface area contributed by atoms with Crippen molar-refractivity contribution in [2.24, 2.45) is 0 Å². The number of carbonyl (C=O) groups excluding carboxylic acids is 1.